The van der Waals surface area contributed by atoms with E-state index < -0.39 is 0 Å². The van der Waals surface area contributed by atoms with Crippen LogP contribution in [0.4, 0.5) is 0 Å². The third-order valence-electron chi connectivity index (χ3n) is 2.82. The maximum absolute atomic E-state index is 12.4. The maximum Gasteiger partial charge on any atom is 0.203 e. The van der Waals surface area contributed by atoms with Gasteiger partial charge in [-0.25, -0.2) is 0 Å². The Kier molecular flexibility index (Phi) is 3.43. The maximum atomic E-state index is 12.4. The third-order valence-corrected chi connectivity index (χ3v) is 3.77. The number of benzene rings is 1. The molecule has 0 spiro atoms. The summed E-state index contributed by atoms with van der Waals surface area (Å²) in [7, 11) is 0. The van der Waals surface area contributed by atoms with Gasteiger partial charge in [-0.05, 0) is 49.4 Å². The summed E-state index contributed by atoms with van der Waals surface area (Å²) in [5.41, 5.74) is 4.24. The molecule has 0 aliphatic heterocycles. The van der Waals surface area contributed by atoms with Crippen LogP contribution in [0.25, 0.3) is 0 Å². The zero-order valence-corrected chi connectivity index (χ0v) is 11.2. The van der Waals surface area contributed by atoms with E-state index in [1.54, 1.807) is 0 Å². The molecule has 0 aliphatic rings. The summed E-state index contributed by atoms with van der Waals surface area (Å²) in [6.07, 6.45) is 0.912. The van der Waals surface area contributed by atoms with Gasteiger partial charge in [-0.15, -0.1) is 11.3 Å². The molecule has 0 atom stereocenters. The van der Waals surface area contributed by atoms with Crippen molar-refractivity contribution in [1.82, 2.24) is 0 Å². The second-order valence-electron chi connectivity index (χ2n) is 4.33. The zero-order valence-electron chi connectivity index (χ0n) is 10.4. The Morgan fingerprint density at radius 1 is 1.18 bits per heavy atom. The normalized spacial score (nSPS) is 10.5. The van der Waals surface area contributed by atoms with Gasteiger partial charge in [-0.3, -0.25) is 4.79 Å². The molecule has 17 heavy (non-hydrogen) atoms. The van der Waals surface area contributed by atoms with Crippen LogP contribution in [-0.4, -0.2) is 5.78 Å². The molecule has 0 unspecified atom stereocenters. The van der Waals surface area contributed by atoms with Crippen LogP contribution in [0.2, 0.25) is 0 Å². The summed E-state index contributed by atoms with van der Waals surface area (Å²) in [6.45, 7) is 6.14. The Morgan fingerprint density at radius 3 is 2.41 bits per heavy atom. The monoisotopic (exact) mass is 244 g/mol. The van der Waals surface area contributed by atoms with Crippen molar-refractivity contribution in [3.8, 4) is 0 Å². The highest BCUT2D eigenvalue weighted by molar-refractivity contribution is 7.12. The fourth-order valence-electron chi connectivity index (χ4n) is 2.05. The molecule has 2 rings (SSSR count). The van der Waals surface area contributed by atoms with Crippen LogP contribution in [0.5, 0.6) is 0 Å². The van der Waals surface area contributed by atoms with Crippen molar-refractivity contribution >= 4 is 17.1 Å². The molecule has 2 aromatic rings. The van der Waals surface area contributed by atoms with Gasteiger partial charge in [0.05, 0.1) is 4.88 Å². The van der Waals surface area contributed by atoms with E-state index in [1.165, 1.54) is 11.3 Å². The number of carbonyl (C=O) groups is 1. The zero-order chi connectivity index (χ0) is 12.4. The lowest BCUT2D eigenvalue weighted by molar-refractivity contribution is 0.104. The molecule has 1 aromatic carbocycles. The summed E-state index contributed by atoms with van der Waals surface area (Å²) in [6, 6.07) is 8.06. The van der Waals surface area contributed by atoms with Crippen molar-refractivity contribution in [3.63, 3.8) is 0 Å². The van der Waals surface area contributed by atoms with E-state index in [9.17, 15) is 4.79 Å². The molecule has 0 radical (unpaired) electrons. The minimum atomic E-state index is 0.156. The number of rotatable bonds is 3. The number of carbonyl (C=O) groups excluding carboxylic acids is 1. The first-order valence-corrected chi connectivity index (χ1v) is 6.69. The first-order chi connectivity index (χ1) is 8.11. The van der Waals surface area contributed by atoms with Crippen molar-refractivity contribution in [2.24, 2.45) is 0 Å². The molecule has 0 fully saturated rings. The van der Waals surface area contributed by atoms with Crippen LogP contribution < -0.4 is 0 Å². The Labute approximate surface area is 106 Å². The van der Waals surface area contributed by atoms with Gasteiger partial charge in [0.25, 0.3) is 0 Å². The summed E-state index contributed by atoms with van der Waals surface area (Å²) in [4.78, 5) is 13.3. The molecule has 1 nitrogen and oxygen atoms in total. The van der Waals surface area contributed by atoms with E-state index >= 15 is 0 Å². The van der Waals surface area contributed by atoms with Crippen LogP contribution in [0, 0.1) is 13.8 Å². The van der Waals surface area contributed by atoms with Crippen LogP contribution in [0.15, 0.2) is 29.6 Å². The van der Waals surface area contributed by atoms with E-state index in [4.69, 9.17) is 0 Å². The second kappa shape index (κ2) is 4.84. The lowest BCUT2D eigenvalue weighted by Gasteiger charge is -2.04. The van der Waals surface area contributed by atoms with Crippen molar-refractivity contribution in [2.75, 3.05) is 0 Å². The average Bonchev–Trinajstić information content (AvgIpc) is 2.74. The highest BCUT2D eigenvalue weighted by atomic mass is 32.1. The minimum absolute atomic E-state index is 0.156. The molecule has 0 bridgehead atoms. The lowest BCUT2D eigenvalue weighted by atomic mass is 10.0. The minimum Gasteiger partial charge on any atom is -0.288 e. The van der Waals surface area contributed by atoms with Gasteiger partial charge in [0.1, 0.15) is 0 Å². The highest BCUT2D eigenvalue weighted by Gasteiger charge is 2.14. The predicted molar refractivity (Wildman–Crippen MR) is 73.0 cm³/mol. The topological polar surface area (TPSA) is 17.1 Å². The third kappa shape index (κ3) is 2.47. The van der Waals surface area contributed by atoms with E-state index in [2.05, 4.69) is 13.0 Å². The molecule has 1 heterocycles. The van der Waals surface area contributed by atoms with Gasteiger partial charge in [0.2, 0.25) is 5.78 Å². The fourth-order valence-corrected chi connectivity index (χ4v) is 3.01. The standard InChI is InChI=1S/C15H16OS/c1-4-12-5-6-17-15(12)14(16)13-8-10(2)7-11(3)9-13/h5-9H,4H2,1-3H3. The largest absolute Gasteiger partial charge is 0.288 e. The lowest BCUT2D eigenvalue weighted by Crippen LogP contribution is -2.02. The number of aryl methyl sites for hydroxylation is 3. The Bertz CT molecular complexity index is 532. The molecular weight excluding hydrogens is 228 g/mol. The van der Waals surface area contributed by atoms with E-state index in [0.29, 0.717) is 0 Å². The van der Waals surface area contributed by atoms with Crippen molar-refractivity contribution in [1.29, 1.82) is 0 Å². The average molecular weight is 244 g/mol. The Hall–Kier alpha value is -1.41. The van der Waals surface area contributed by atoms with Crippen LogP contribution in [-0.2, 0) is 6.42 Å². The molecule has 0 amide bonds. The molecule has 1 aromatic heterocycles. The first kappa shape index (κ1) is 12.1. The van der Waals surface area contributed by atoms with Crippen LogP contribution >= 0.6 is 11.3 Å². The summed E-state index contributed by atoms with van der Waals surface area (Å²) in [5, 5.41) is 1.99. The number of hydrogen-bond acceptors (Lipinski definition) is 2. The van der Waals surface area contributed by atoms with Crippen molar-refractivity contribution in [2.45, 2.75) is 27.2 Å². The van der Waals surface area contributed by atoms with Gasteiger partial charge in [0.15, 0.2) is 0 Å². The highest BCUT2D eigenvalue weighted by Crippen LogP contribution is 2.22. The number of hydrogen-bond donors (Lipinski definition) is 0. The first-order valence-electron chi connectivity index (χ1n) is 5.81. The fraction of sp³-hybridized carbons (Fsp3) is 0.267. The molecule has 2 heteroatoms. The molecule has 88 valence electrons. The quantitative estimate of drug-likeness (QED) is 0.741. The smallest absolute Gasteiger partial charge is 0.203 e. The summed E-state index contributed by atoms with van der Waals surface area (Å²) in [5.74, 6) is 0.156. The summed E-state index contributed by atoms with van der Waals surface area (Å²) >= 11 is 1.54. The number of thiophene rings is 1. The van der Waals surface area contributed by atoms with Gasteiger partial charge >= 0.3 is 0 Å². The van der Waals surface area contributed by atoms with E-state index in [0.717, 1.165) is 33.6 Å². The Morgan fingerprint density at radius 2 is 1.82 bits per heavy atom. The summed E-state index contributed by atoms with van der Waals surface area (Å²) < 4.78 is 0. The predicted octanol–water partition coefficient (Wildman–Crippen LogP) is 4.16. The van der Waals surface area contributed by atoms with Gasteiger partial charge in [-0.2, -0.15) is 0 Å². The molecule has 0 saturated carbocycles. The van der Waals surface area contributed by atoms with Gasteiger partial charge in [-0.1, -0.05) is 24.1 Å². The van der Waals surface area contributed by atoms with Gasteiger partial charge < -0.3 is 0 Å². The molecule has 0 N–H and O–H groups in total. The Balaban J connectivity index is 2.43. The molecule has 0 saturated heterocycles. The molecule has 0 aliphatic carbocycles. The van der Waals surface area contributed by atoms with Gasteiger partial charge in [0, 0.05) is 5.56 Å². The van der Waals surface area contributed by atoms with E-state index in [-0.39, 0.29) is 5.78 Å². The van der Waals surface area contributed by atoms with Crippen molar-refractivity contribution in [3.05, 3.63) is 56.8 Å². The second-order valence-corrected chi connectivity index (χ2v) is 5.25. The van der Waals surface area contributed by atoms with Crippen LogP contribution in [0.3, 0.4) is 0 Å². The van der Waals surface area contributed by atoms with Crippen LogP contribution in [0.1, 0.15) is 38.8 Å². The SMILES string of the molecule is CCc1ccsc1C(=O)c1cc(C)cc(C)c1. The molecular formula is C15H16OS. The van der Waals surface area contributed by atoms with E-state index in [1.807, 2.05) is 37.4 Å². The van der Waals surface area contributed by atoms with Crippen molar-refractivity contribution < 1.29 is 4.79 Å². The number of ketones is 1.